The zero-order chi connectivity index (χ0) is 13.4. The third kappa shape index (κ3) is 5.14. The Morgan fingerprint density at radius 2 is 2.00 bits per heavy atom. The minimum atomic E-state index is -0.469. The smallest absolute Gasteiger partial charge is 0.0916 e. The number of hydrogen-bond acceptors (Lipinski definition) is 4. The van der Waals surface area contributed by atoms with Crippen LogP contribution in [0.1, 0.15) is 24.2 Å². The van der Waals surface area contributed by atoms with Gasteiger partial charge in [-0.15, -0.1) is 0 Å². The van der Waals surface area contributed by atoms with Crippen LogP contribution in [0.15, 0.2) is 24.3 Å². The third-order valence-electron chi connectivity index (χ3n) is 2.91. The van der Waals surface area contributed by atoms with Gasteiger partial charge in [0.25, 0.3) is 0 Å². The van der Waals surface area contributed by atoms with E-state index in [1.807, 2.05) is 38.2 Å². The average molecular weight is 252 g/mol. The molecule has 0 spiro atoms. The van der Waals surface area contributed by atoms with E-state index in [9.17, 15) is 5.11 Å². The van der Waals surface area contributed by atoms with Gasteiger partial charge < -0.3 is 20.5 Å². The molecule has 0 aliphatic carbocycles. The second kappa shape index (κ2) is 8.21. The van der Waals surface area contributed by atoms with Crippen LogP contribution in [0.4, 0.5) is 0 Å². The fraction of sp³-hybridized carbons (Fsp3) is 0.571. The molecule has 1 unspecified atom stereocenters. The number of hydrogen-bond donors (Lipinski definition) is 2. The SMILES string of the molecule is CCOCCN(C)CC(O)c1ccc(CN)cc1. The Kier molecular flexibility index (Phi) is 6.90. The second-order valence-electron chi connectivity index (χ2n) is 4.42. The Bertz CT molecular complexity index is 327. The van der Waals surface area contributed by atoms with Crippen molar-refractivity contribution < 1.29 is 9.84 Å². The van der Waals surface area contributed by atoms with E-state index in [-0.39, 0.29) is 0 Å². The van der Waals surface area contributed by atoms with Gasteiger partial charge in [-0.25, -0.2) is 0 Å². The minimum absolute atomic E-state index is 0.469. The first-order valence-electron chi connectivity index (χ1n) is 6.40. The molecule has 1 rings (SSSR count). The molecule has 0 amide bonds. The summed E-state index contributed by atoms with van der Waals surface area (Å²) in [5.41, 5.74) is 7.55. The van der Waals surface area contributed by atoms with Gasteiger partial charge in [-0.1, -0.05) is 24.3 Å². The van der Waals surface area contributed by atoms with E-state index in [0.29, 0.717) is 19.7 Å². The molecule has 0 saturated carbocycles. The summed E-state index contributed by atoms with van der Waals surface area (Å²) in [4.78, 5) is 2.07. The number of ether oxygens (including phenoxy) is 1. The summed E-state index contributed by atoms with van der Waals surface area (Å²) in [6, 6.07) is 7.78. The van der Waals surface area contributed by atoms with Crippen molar-refractivity contribution in [2.45, 2.75) is 19.6 Å². The molecule has 0 fully saturated rings. The maximum atomic E-state index is 10.1. The lowest BCUT2D eigenvalue weighted by Gasteiger charge is -2.20. The predicted octanol–water partition coefficient (Wildman–Crippen LogP) is 1.15. The summed E-state index contributed by atoms with van der Waals surface area (Å²) in [7, 11) is 1.98. The van der Waals surface area contributed by atoms with Crippen LogP contribution >= 0.6 is 0 Å². The molecule has 0 saturated heterocycles. The second-order valence-corrected chi connectivity index (χ2v) is 4.42. The van der Waals surface area contributed by atoms with Crippen molar-refractivity contribution in [2.24, 2.45) is 5.73 Å². The van der Waals surface area contributed by atoms with Crippen LogP contribution in [0.5, 0.6) is 0 Å². The molecular formula is C14H24N2O2. The largest absolute Gasteiger partial charge is 0.387 e. The predicted molar refractivity (Wildman–Crippen MR) is 73.3 cm³/mol. The Balaban J connectivity index is 2.40. The monoisotopic (exact) mass is 252 g/mol. The molecule has 1 atom stereocenters. The van der Waals surface area contributed by atoms with Crippen molar-refractivity contribution in [1.82, 2.24) is 4.90 Å². The van der Waals surface area contributed by atoms with E-state index in [4.69, 9.17) is 10.5 Å². The third-order valence-corrected chi connectivity index (χ3v) is 2.91. The highest BCUT2D eigenvalue weighted by Crippen LogP contribution is 2.14. The van der Waals surface area contributed by atoms with E-state index in [2.05, 4.69) is 4.90 Å². The maximum Gasteiger partial charge on any atom is 0.0916 e. The molecule has 0 heterocycles. The molecule has 4 nitrogen and oxygen atoms in total. The first kappa shape index (κ1) is 15.1. The van der Waals surface area contributed by atoms with Crippen molar-refractivity contribution in [3.05, 3.63) is 35.4 Å². The van der Waals surface area contributed by atoms with Crippen molar-refractivity contribution in [3.63, 3.8) is 0 Å². The van der Waals surface area contributed by atoms with Crippen molar-refractivity contribution >= 4 is 0 Å². The van der Waals surface area contributed by atoms with E-state index >= 15 is 0 Å². The molecule has 0 aliphatic rings. The Morgan fingerprint density at radius 1 is 1.33 bits per heavy atom. The standard InChI is InChI=1S/C14H24N2O2/c1-3-18-9-8-16(2)11-14(17)13-6-4-12(10-15)5-7-13/h4-7,14,17H,3,8-11,15H2,1-2H3. The number of likely N-dealkylation sites (N-methyl/N-ethyl adjacent to an activating group) is 1. The first-order chi connectivity index (χ1) is 8.67. The lowest BCUT2D eigenvalue weighted by Crippen LogP contribution is -2.28. The van der Waals surface area contributed by atoms with Gasteiger partial charge in [0.05, 0.1) is 12.7 Å². The molecule has 1 aromatic rings. The molecule has 0 radical (unpaired) electrons. The zero-order valence-corrected chi connectivity index (χ0v) is 11.3. The van der Waals surface area contributed by atoms with Gasteiger partial charge >= 0.3 is 0 Å². The summed E-state index contributed by atoms with van der Waals surface area (Å²) in [5, 5.41) is 10.1. The zero-order valence-electron chi connectivity index (χ0n) is 11.3. The summed E-state index contributed by atoms with van der Waals surface area (Å²) < 4.78 is 5.28. The van der Waals surface area contributed by atoms with Crippen molar-refractivity contribution in [2.75, 3.05) is 33.4 Å². The van der Waals surface area contributed by atoms with Crippen LogP contribution in [0, 0.1) is 0 Å². The highest BCUT2D eigenvalue weighted by atomic mass is 16.5. The Morgan fingerprint density at radius 3 is 2.56 bits per heavy atom. The summed E-state index contributed by atoms with van der Waals surface area (Å²) in [6.45, 7) is 5.38. The van der Waals surface area contributed by atoms with Crippen LogP contribution in [0.2, 0.25) is 0 Å². The van der Waals surface area contributed by atoms with Crippen LogP contribution in [-0.2, 0) is 11.3 Å². The molecule has 4 heteroatoms. The molecular weight excluding hydrogens is 228 g/mol. The summed E-state index contributed by atoms with van der Waals surface area (Å²) in [5.74, 6) is 0. The number of aliphatic hydroxyl groups is 1. The first-order valence-corrected chi connectivity index (χ1v) is 6.40. The van der Waals surface area contributed by atoms with E-state index in [1.54, 1.807) is 0 Å². The Labute approximate surface area is 109 Å². The number of benzene rings is 1. The highest BCUT2D eigenvalue weighted by Gasteiger charge is 2.10. The molecule has 0 aromatic heterocycles. The van der Waals surface area contributed by atoms with Crippen LogP contribution in [0.3, 0.4) is 0 Å². The fourth-order valence-electron chi connectivity index (χ4n) is 1.73. The maximum absolute atomic E-state index is 10.1. The lowest BCUT2D eigenvalue weighted by molar-refractivity contribution is 0.0891. The number of nitrogens with two attached hydrogens (primary N) is 1. The average Bonchev–Trinajstić information content (AvgIpc) is 2.39. The molecule has 0 aliphatic heterocycles. The van der Waals surface area contributed by atoms with Gasteiger partial charge in [0.15, 0.2) is 0 Å². The van der Waals surface area contributed by atoms with Gasteiger partial charge in [-0.05, 0) is 25.1 Å². The summed E-state index contributed by atoms with van der Waals surface area (Å²) >= 11 is 0. The van der Waals surface area contributed by atoms with E-state index in [1.165, 1.54) is 0 Å². The number of aliphatic hydroxyl groups excluding tert-OH is 1. The van der Waals surface area contributed by atoms with Crippen molar-refractivity contribution in [1.29, 1.82) is 0 Å². The highest BCUT2D eigenvalue weighted by molar-refractivity contribution is 5.24. The normalized spacial score (nSPS) is 12.9. The summed E-state index contributed by atoms with van der Waals surface area (Å²) in [6.07, 6.45) is -0.469. The van der Waals surface area contributed by atoms with Gasteiger partial charge in [0.1, 0.15) is 0 Å². The molecule has 3 N–H and O–H groups in total. The Hall–Kier alpha value is -0.940. The van der Waals surface area contributed by atoms with Crippen LogP contribution in [0.25, 0.3) is 0 Å². The number of rotatable bonds is 8. The van der Waals surface area contributed by atoms with E-state index < -0.39 is 6.10 Å². The quantitative estimate of drug-likeness (QED) is 0.681. The van der Waals surface area contributed by atoms with Crippen LogP contribution < -0.4 is 5.73 Å². The topological polar surface area (TPSA) is 58.7 Å². The van der Waals surface area contributed by atoms with Crippen molar-refractivity contribution in [3.8, 4) is 0 Å². The molecule has 18 heavy (non-hydrogen) atoms. The van der Waals surface area contributed by atoms with Gasteiger partial charge in [-0.2, -0.15) is 0 Å². The molecule has 1 aromatic carbocycles. The van der Waals surface area contributed by atoms with Gasteiger partial charge in [0, 0.05) is 26.2 Å². The van der Waals surface area contributed by atoms with Gasteiger partial charge in [-0.3, -0.25) is 0 Å². The number of nitrogens with zero attached hydrogens (tertiary/aromatic N) is 1. The minimum Gasteiger partial charge on any atom is -0.387 e. The van der Waals surface area contributed by atoms with Gasteiger partial charge in [0.2, 0.25) is 0 Å². The lowest BCUT2D eigenvalue weighted by atomic mass is 10.1. The van der Waals surface area contributed by atoms with E-state index in [0.717, 1.165) is 24.3 Å². The molecule has 102 valence electrons. The van der Waals surface area contributed by atoms with Crippen LogP contribution in [-0.4, -0.2) is 43.4 Å². The molecule has 0 bridgehead atoms. The fourth-order valence-corrected chi connectivity index (χ4v) is 1.73.